The molecule has 8 heteroatoms. The summed E-state index contributed by atoms with van der Waals surface area (Å²) in [6, 6.07) is 4.29. The van der Waals surface area contributed by atoms with Crippen molar-refractivity contribution in [3.63, 3.8) is 0 Å². The van der Waals surface area contributed by atoms with E-state index in [9.17, 15) is 0 Å². The number of guanidine groups is 1. The van der Waals surface area contributed by atoms with Crippen molar-refractivity contribution in [2.45, 2.75) is 58.2 Å². The van der Waals surface area contributed by atoms with Crippen LogP contribution in [0.25, 0.3) is 0 Å². The molecule has 1 saturated carbocycles. The van der Waals surface area contributed by atoms with E-state index in [1.165, 1.54) is 12.8 Å². The second-order valence-corrected chi connectivity index (χ2v) is 7.54. The summed E-state index contributed by atoms with van der Waals surface area (Å²) in [4.78, 5) is 13.2. The van der Waals surface area contributed by atoms with Crippen LogP contribution in [0.3, 0.4) is 0 Å². The van der Waals surface area contributed by atoms with Crippen molar-refractivity contribution < 1.29 is 4.74 Å². The van der Waals surface area contributed by atoms with Crippen LogP contribution in [0.1, 0.15) is 43.4 Å². The Hall–Kier alpha value is -2.64. The van der Waals surface area contributed by atoms with Gasteiger partial charge in [-0.25, -0.2) is 14.6 Å². The molecule has 0 amide bonds. The largest absolute Gasteiger partial charge is 0.477 e. The number of hydrogen-bond acceptors (Lipinski definition) is 5. The molecule has 3 heterocycles. The summed E-state index contributed by atoms with van der Waals surface area (Å²) in [5.41, 5.74) is 1.12. The second-order valence-electron chi connectivity index (χ2n) is 7.54. The topological polar surface area (TPSA) is 89.2 Å². The normalized spacial score (nSPS) is 19.2. The van der Waals surface area contributed by atoms with Gasteiger partial charge in [-0.2, -0.15) is 5.10 Å². The molecule has 2 N–H and O–H groups in total. The molecule has 0 aromatic carbocycles. The SMILES string of the molecule is CCc1nc2n(n1)CC(NC(=NC)NCc1ccnc(OCC3CC3)c1)CC2. The first-order chi connectivity index (χ1) is 13.7. The zero-order valence-corrected chi connectivity index (χ0v) is 16.7. The van der Waals surface area contributed by atoms with Crippen LogP contribution < -0.4 is 15.4 Å². The van der Waals surface area contributed by atoms with E-state index < -0.39 is 0 Å². The molecule has 150 valence electrons. The molecular weight excluding hydrogens is 354 g/mol. The van der Waals surface area contributed by atoms with Gasteiger partial charge >= 0.3 is 0 Å². The average molecular weight is 384 g/mol. The first-order valence-electron chi connectivity index (χ1n) is 10.2. The summed E-state index contributed by atoms with van der Waals surface area (Å²) < 4.78 is 7.80. The van der Waals surface area contributed by atoms with E-state index in [1.54, 1.807) is 13.2 Å². The third-order valence-electron chi connectivity index (χ3n) is 5.21. The molecular formula is C20H29N7O. The maximum atomic E-state index is 5.77. The number of rotatable bonds is 7. The number of pyridine rings is 1. The number of nitrogens with zero attached hydrogens (tertiary/aromatic N) is 5. The van der Waals surface area contributed by atoms with E-state index in [4.69, 9.17) is 4.74 Å². The molecule has 4 rings (SSSR count). The van der Waals surface area contributed by atoms with Crippen LogP contribution in [-0.2, 0) is 25.9 Å². The van der Waals surface area contributed by atoms with Crippen molar-refractivity contribution in [2.24, 2.45) is 10.9 Å². The minimum absolute atomic E-state index is 0.292. The second kappa shape index (κ2) is 8.58. The first kappa shape index (κ1) is 18.7. The van der Waals surface area contributed by atoms with Gasteiger partial charge in [0.2, 0.25) is 5.88 Å². The van der Waals surface area contributed by atoms with Crippen molar-refractivity contribution in [3.8, 4) is 5.88 Å². The Morgan fingerprint density at radius 1 is 1.36 bits per heavy atom. The van der Waals surface area contributed by atoms with Crippen LogP contribution in [-0.4, -0.2) is 45.4 Å². The van der Waals surface area contributed by atoms with Gasteiger partial charge < -0.3 is 15.4 Å². The van der Waals surface area contributed by atoms with Crippen LogP contribution >= 0.6 is 0 Å². The minimum atomic E-state index is 0.292. The van der Waals surface area contributed by atoms with E-state index in [0.29, 0.717) is 18.5 Å². The summed E-state index contributed by atoms with van der Waals surface area (Å²) >= 11 is 0. The molecule has 2 aromatic rings. The molecule has 0 radical (unpaired) electrons. The molecule has 0 saturated heterocycles. The third kappa shape index (κ3) is 4.79. The summed E-state index contributed by atoms with van der Waals surface area (Å²) in [6.07, 6.45) is 7.19. The summed E-state index contributed by atoms with van der Waals surface area (Å²) in [6.45, 7) is 4.35. The lowest BCUT2D eigenvalue weighted by molar-refractivity contribution is 0.288. The Labute approximate surface area is 165 Å². The van der Waals surface area contributed by atoms with Gasteiger partial charge in [0.05, 0.1) is 13.2 Å². The smallest absolute Gasteiger partial charge is 0.213 e. The summed E-state index contributed by atoms with van der Waals surface area (Å²) in [5, 5.41) is 11.5. The third-order valence-corrected chi connectivity index (χ3v) is 5.21. The standard InChI is InChI=1S/C20H29N7O/c1-3-17-25-18-7-6-16(12-27(18)26-17)24-20(21-2)23-11-15-8-9-22-19(10-15)28-13-14-4-5-14/h8-10,14,16H,3-7,11-13H2,1-2H3,(H2,21,23,24). The molecule has 28 heavy (non-hydrogen) atoms. The van der Waals surface area contributed by atoms with Gasteiger partial charge in [0.15, 0.2) is 11.8 Å². The van der Waals surface area contributed by atoms with Crippen molar-refractivity contribution in [1.82, 2.24) is 30.4 Å². The fourth-order valence-electron chi connectivity index (χ4n) is 3.33. The molecule has 2 aliphatic rings. The molecule has 0 bridgehead atoms. The Balaban J connectivity index is 1.28. The molecule has 8 nitrogen and oxygen atoms in total. The molecule has 1 aliphatic carbocycles. The van der Waals surface area contributed by atoms with Crippen LogP contribution in [0.4, 0.5) is 0 Å². The van der Waals surface area contributed by atoms with E-state index in [2.05, 4.69) is 37.6 Å². The quantitative estimate of drug-likeness (QED) is 0.559. The maximum Gasteiger partial charge on any atom is 0.213 e. The predicted molar refractivity (Wildman–Crippen MR) is 107 cm³/mol. The van der Waals surface area contributed by atoms with Gasteiger partial charge in [0, 0.05) is 44.7 Å². The lowest BCUT2D eigenvalue weighted by Gasteiger charge is -2.25. The molecule has 1 unspecified atom stereocenters. The lowest BCUT2D eigenvalue weighted by atomic mass is 10.1. The number of hydrogen-bond donors (Lipinski definition) is 2. The van der Waals surface area contributed by atoms with E-state index in [-0.39, 0.29) is 0 Å². The van der Waals surface area contributed by atoms with Gasteiger partial charge in [-0.05, 0) is 36.8 Å². The highest BCUT2D eigenvalue weighted by Gasteiger charge is 2.23. The highest BCUT2D eigenvalue weighted by atomic mass is 16.5. The highest BCUT2D eigenvalue weighted by Crippen LogP contribution is 2.29. The molecule has 1 fully saturated rings. The van der Waals surface area contributed by atoms with Crippen molar-refractivity contribution in [3.05, 3.63) is 35.5 Å². The van der Waals surface area contributed by atoms with Crippen LogP contribution in [0.15, 0.2) is 23.3 Å². The average Bonchev–Trinajstić information content (AvgIpc) is 3.47. The Morgan fingerprint density at radius 2 is 2.25 bits per heavy atom. The summed E-state index contributed by atoms with van der Waals surface area (Å²) in [7, 11) is 1.80. The number of aromatic nitrogens is 4. The Kier molecular flexibility index (Phi) is 5.73. The van der Waals surface area contributed by atoms with E-state index >= 15 is 0 Å². The maximum absolute atomic E-state index is 5.77. The number of fused-ring (bicyclic) bond motifs is 1. The predicted octanol–water partition coefficient (Wildman–Crippen LogP) is 1.70. The van der Waals surface area contributed by atoms with Gasteiger partial charge in [-0.3, -0.25) is 4.99 Å². The number of ether oxygens (including phenoxy) is 1. The molecule has 2 aromatic heterocycles. The molecule has 1 atom stereocenters. The monoisotopic (exact) mass is 383 g/mol. The van der Waals surface area contributed by atoms with Gasteiger partial charge in [0.1, 0.15) is 5.82 Å². The highest BCUT2D eigenvalue weighted by molar-refractivity contribution is 5.79. The van der Waals surface area contributed by atoms with Gasteiger partial charge in [0.25, 0.3) is 0 Å². The Bertz CT molecular complexity index is 828. The fourth-order valence-corrected chi connectivity index (χ4v) is 3.33. The zero-order chi connectivity index (χ0) is 19.3. The number of aryl methyl sites for hydroxylation is 2. The van der Waals surface area contributed by atoms with Gasteiger partial charge in [-0.1, -0.05) is 6.92 Å². The molecule has 0 spiro atoms. The van der Waals surface area contributed by atoms with Crippen LogP contribution in [0.5, 0.6) is 5.88 Å². The number of nitrogens with one attached hydrogen (secondary N) is 2. The van der Waals surface area contributed by atoms with Crippen molar-refractivity contribution in [2.75, 3.05) is 13.7 Å². The van der Waals surface area contributed by atoms with Crippen molar-refractivity contribution >= 4 is 5.96 Å². The minimum Gasteiger partial charge on any atom is -0.477 e. The zero-order valence-electron chi connectivity index (χ0n) is 16.7. The van der Waals surface area contributed by atoms with Gasteiger partial charge in [-0.15, -0.1) is 0 Å². The first-order valence-corrected chi connectivity index (χ1v) is 10.2. The van der Waals surface area contributed by atoms with E-state index in [0.717, 1.165) is 61.5 Å². The van der Waals surface area contributed by atoms with E-state index in [1.807, 2.05) is 16.8 Å². The van der Waals surface area contributed by atoms with Crippen LogP contribution in [0.2, 0.25) is 0 Å². The summed E-state index contributed by atoms with van der Waals surface area (Å²) in [5.74, 6) is 4.23. The fraction of sp³-hybridized carbons (Fsp3) is 0.600. The Morgan fingerprint density at radius 3 is 3.04 bits per heavy atom. The number of aliphatic imine (C=N–C) groups is 1. The molecule has 1 aliphatic heterocycles. The lowest BCUT2D eigenvalue weighted by Crippen LogP contribution is -2.46. The van der Waals surface area contributed by atoms with Crippen LogP contribution in [0, 0.1) is 5.92 Å². The van der Waals surface area contributed by atoms with Crippen molar-refractivity contribution in [1.29, 1.82) is 0 Å².